The molecule has 1 unspecified atom stereocenters. The average Bonchev–Trinajstić information content (AvgIpc) is 2.39. The third-order valence-electron chi connectivity index (χ3n) is 3.51. The highest BCUT2D eigenvalue weighted by molar-refractivity contribution is 9.10. The maximum absolute atomic E-state index is 9.12. The van der Waals surface area contributed by atoms with Crippen LogP contribution in [-0.4, -0.2) is 42.8 Å². The van der Waals surface area contributed by atoms with Crippen LogP contribution in [0, 0.1) is 0 Å². The number of hydrogen-bond acceptors (Lipinski definition) is 3. The highest BCUT2D eigenvalue weighted by Crippen LogP contribution is 2.28. The summed E-state index contributed by atoms with van der Waals surface area (Å²) in [6, 6.07) is 6.64. The van der Waals surface area contributed by atoms with Gasteiger partial charge in [0.25, 0.3) is 0 Å². The molecule has 0 saturated carbocycles. The fourth-order valence-electron chi connectivity index (χ4n) is 2.29. The van der Waals surface area contributed by atoms with Gasteiger partial charge >= 0.3 is 0 Å². The first-order valence-electron chi connectivity index (χ1n) is 6.96. The monoisotopic (exact) mass is 362 g/mol. The molecule has 0 aliphatic heterocycles. The summed E-state index contributed by atoms with van der Waals surface area (Å²) < 4.78 is 0.991. The van der Waals surface area contributed by atoms with Crippen LogP contribution in [0.2, 0.25) is 5.02 Å². The molecule has 0 aliphatic carbocycles. The Hall–Kier alpha value is -0.130. The predicted octanol–water partition coefficient (Wildman–Crippen LogP) is 3.46. The number of rotatable bonds is 8. The Labute approximate surface area is 135 Å². The lowest BCUT2D eigenvalue weighted by Crippen LogP contribution is -2.36. The third-order valence-corrected chi connectivity index (χ3v) is 4.33. The number of benzene rings is 1. The maximum Gasteiger partial charge on any atom is 0.0558 e. The zero-order valence-corrected chi connectivity index (χ0v) is 14.7. The van der Waals surface area contributed by atoms with E-state index in [0.717, 1.165) is 28.0 Å². The van der Waals surface area contributed by atoms with Gasteiger partial charge in [0.15, 0.2) is 0 Å². The fourth-order valence-corrected chi connectivity index (χ4v) is 3.10. The van der Waals surface area contributed by atoms with Crippen LogP contribution in [0.1, 0.15) is 31.9 Å². The molecular formula is C15H24BrClN2O. The molecule has 5 heteroatoms. The van der Waals surface area contributed by atoms with Crippen LogP contribution >= 0.6 is 27.5 Å². The van der Waals surface area contributed by atoms with Gasteiger partial charge in [-0.25, -0.2) is 0 Å². The average molecular weight is 364 g/mol. The highest BCUT2D eigenvalue weighted by atomic mass is 79.9. The maximum atomic E-state index is 9.12. The first kappa shape index (κ1) is 17.9. The minimum absolute atomic E-state index is 0.196. The molecule has 0 aromatic heterocycles. The van der Waals surface area contributed by atoms with E-state index >= 15 is 0 Å². The van der Waals surface area contributed by atoms with E-state index in [1.807, 2.05) is 19.2 Å². The Balaban J connectivity index is 2.71. The molecule has 20 heavy (non-hydrogen) atoms. The van der Waals surface area contributed by atoms with Gasteiger partial charge in [-0.3, -0.25) is 4.90 Å². The van der Waals surface area contributed by atoms with Gasteiger partial charge in [-0.2, -0.15) is 0 Å². The molecule has 2 N–H and O–H groups in total. The van der Waals surface area contributed by atoms with Crippen LogP contribution in [0.3, 0.4) is 0 Å². The standard InChI is InChI=1S/C15H24BrClN2O/c1-11(2)19(8-9-20)7-6-15(18-3)13-5-4-12(16)10-14(13)17/h4-5,10-11,15,18,20H,6-9H2,1-3H3. The van der Waals surface area contributed by atoms with Crippen molar-refractivity contribution in [2.45, 2.75) is 32.4 Å². The quantitative estimate of drug-likeness (QED) is 0.742. The second-order valence-corrected chi connectivity index (χ2v) is 6.47. The first-order chi connectivity index (χ1) is 9.49. The van der Waals surface area contributed by atoms with Gasteiger partial charge in [0.1, 0.15) is 0 Å². The van der Waals surface area contributed by atoms with Gasteiger partial charge < -0.3 is 10.4 Å². The van der Waals surface area contributed by atoms with Crippen LogP contribution in [0.25, 0.3) is 0 Å². The summed E-state index contributed by atoms with van der Waals surface area (Å²) in [7, 11) is 1.95. The van der Waals surface area contributed by atoms with E-state index in [1.54, 1.807) is 0 Å². The summed E-state index contributed by atoms with van der Waals surface area (Å²) in [5.41, 5.74) is 1.12. The van der Waals surface area contributed by atoms with Crippen molar-refractivity contribution < 1.29 is 5.11 Å². The molecule has 0 fully saturated rings. The summed E-state index contributed by atoms with van der Waals surface area (Å²) in [5.74, 6) is 0. The van der Waals surface area contributed by atoms with Crippen LogP contribution < -0.4 is 5.32 Å². The molecule has 0 heterocycles. The smallest absolute Gasteiger partial charge is 0.0558 e. The van der Waals surface area contributed by atoms with Crippen molar-refractivity contribution in [3.05, 3.63) is 33.3 Å². The second-order valence-electron chi connectivity index (χ2n) is 5.15. The molecule has 0 bridgehead atoms. The van der Waals surface area contributed by atoms with Gasteiger partial charge in [-0.15, -0.1) is 0 Å². The summed E-state index contributed by atoms with van der Waals surface area (Å²) in [5, 5.41) is 13.2. The lowest BCUT2D eigenvalue weighted by Gasteiger charge is -2.28. The molecule has 1 rings (SSSR count). The van der Waals surface area contributed by atoms with Crippen molar-refractivity contribution in [3.63, 3.8) is 0 Å². The number of nitrogens with one attached hydrogen (secondary N) is 1. The van der Waals surface area contributed by atoms with Gasteiger partial charge in [0.2, 0.25) is 0 Å². The van der Waals surface area contributed by atoms with Crippen molar-refractivity contribution in [1.29, 1.82) is 0 Å². The molecule has 0 aliphatic rings. The van der Waals surface area contributed by atoms with Crippen molar-refractivity contribution in [2.24, 2.45) is 0 Å². The molecule has 114 valence electrons. The van der Waals surface area contributed by atoms with Crippen molar-refractivity contribution >= 4 is 27.5 Å². The molecule has 0 radical (unpaired) electrons. The van der Waals surface area contributed by atoms with Gasteiger partial charge in [-0.05, 0) is 45.0 Å². The Morgan fingerprint density at radius 2 is 2.05 bits per heavy atom. The van der Waals surface area contributed by atoms with E-state index in [-0.39, 0.29) is 12.6 Å². The zero-order valence-electron chi connectivity index (χ0n) is 12.4. The van der Waals surface area contributed by atoms with E-state index in [0.29, 0.717) is 12.6 Å². The summed E-state index contributed by atoms with van der Waals surface area (Å²) >= 11 is 9.75. The number of halogens is 2. The molecular weight excluding hydrogens is 340 g/mol. The zero-order chi connectivity index (χ0) is 15.1. The first-order valence-corrected chi connectivity index (χ1v) is 8.13. The minimum atomic E-state index is 0.196. The fraction of sp³-hybridized carbons (Fsp3) is 0.600. The van der Waals surface area contributed by atoms with Crippen molar-refractivity contribution in [1.82, 2.24) is 10.2 Å². The Morgan fingerprint density at radius 3 is 2.55 bits per heavy atom. The Kier molecular flexibility index (Phi) is 8.07. The van der Waals surface area contributed by atoms with E-state index in [2.05, 4.69) is 46.1 Å². The van der Waals surface area contributed by atoms with Crippen LogP contribution in [0.5, 0.6) is 0 Å². The molecule has 0 amide bonds. The SMILES string of the molecule is CNC(CCN(CCO)C(C)C)c1ccc(Br)cc1Cl. The van der Waals surface area contributed by atoms with Gasteiger partial charge in [0, 0.05) is 34.7 Å². The molecule has 3 nitrogen and oxygen atoms in total. The molecule has 1 aromatic carbocycles. The number of nitrogens with zero attached hydrogens (tertiary/aromatic N) is 1. The number of hydrogen-bond donors (Lipinski definition) is 2. The van der Waals surface area contributed by atoms with Crippen LogP contribution in [0.4, 0.5) is 0 Å². The minimum Gasteiger partial charge on any atom is -0.395 e. The lowest BCUT2D eigenvalue weighted by molar-refractivity contribution is 0.160. The molecule has 0 spiro atoms. The van der Waals surface area contributed by atoms with Crippen molar-refractivity contribution in [3.8, 4) is 0 Å². The predicted molar refractivity (Wildman–Crippen MR) is 89.4 cm³/mol. The molecule has 1 atom stereocenters. The summed E-state index contributed by atoms with van der Waals surface area (Å²) in [6.07, 6.45) is 0.954. The molecule has 1 aromatic rings. The number of aliphatic hydroxyl groups excluding tert-OH is 1. The lowest BCUT2D eigenvalue weighted by atomic mass is 10.0. The topological polar surface area (TPSA) is 35.5 Å². The van der Waals surface area contributed by atoms with E-state index in [4.69, 9.17) is 16.7 Å². The summed E-state index contributed by atoms with van der Waals surface area (Å²) in [4.78, 5) is 2.27. The molecule has 0 saturated heterocycles. The largest absolute Gasteiger partial charge is 0.395 e. The van der Waals surface area contributed by atoms with Gasteiger partial charge in [-0.1, -0.05) is 33.6 Å². The summed E-state index contributed by atoms with van der Waals surface area (Å²) in [6.45, 7) is 6.13. The second kappa shape index (κ2) is 9.00. The van der Waals surface area contributed by atoms with E-state index in [1.165, 1.54) is 0 Å². The normalized spacial score (nSPS) is 13.2. The van der Waals surface area contributed by atoms with E-state index in [9.17, 15) is 0 Å². The van der Waals surface area contributed by atoms with Gasteiger partial charge in [0.05, 0.1) is 6.61 Å². The highest BCUT2D eigenvalue weighted by Gasteiger charge is 2.16. The Bertz CT molecular complexity index is 415. The van der Waals surface area contributed by atoms with E-state index < -0.39 is 0 Å². The van der Waals surface area contributed by atoms with Crippen molar-refractivity contribution in [2.75, 3.05) is 26.7 Å². The third kappa shape index (κ3) is 5.34. The van der Waals surface area contributed by atoms with Crippen LogP contribution in [-0.2, 0) is 0 Å². The van der Waals surface area contributed by atoms with Crippen LogP contribution in [0.15, 0.2) is 22.7 Å². The number of aliphatic hydroxyl groups is 1. The Morgan fingerprint density at radius 1 is 1.35 bits per heavy atom.